The summed E-state index contributed by atoms with van der Waals surface area (Å²) in [5.41, 5.74) is 3.39. The number of nitrogens with one attached hydrogen (secondary N) is 3. The third kappa shape index (κ3) is 4.93. The largest absolute Gasteiger partial charge is 0.354 e. The van der Waals surface area contributed by atoms with Crippen LogP contribution in [0.1, 0.15) is 22.8 Å². The average Bonchev–Trinajstić information content (AvgIpc) is 2.68. The van der Waals surface area contributed by atoms with E-state index >= 15 is 0 Å². The number of nitriles is 1. The van der Waals surface area contributed by atoms with Gasteiger partial charge in [-0.3, -0.25) is 14.6 Å². The molecule has 3 N–H and O–H groups in total. The molecular formula is C21H17N5O2. The van der Waals surface area contributed by atoms with E-state index in [2.05, 4.69) is 20.9 Å². The quantitative estimate of drug-likeness (QED) is 0.630. The Morgan fingerprint density at radius 3 is 2.36 bits per heavy atom. The lowest BCUT2D eigenvalue weighted by atomic mass is 10.2. The first-order valence-corrected chi connectivity index (χ1v) is 8.45. The van der Waals surface area contributed by atoms with Crippen LogP contribution in [-0.4, -0.2) is 16.8 Å². The van der Waals surface area contributed by atoms with Gasteiger partial charge in [-0.05, 0) is 42.5 Å². The van der Waals surface area contributed by atoms with Crippen molar-refractivity contribution in [2.24, 2.45) is 0 Å². The highest BCUT2D eigenvalue weighted by molar-refractivity contribution is 6.04. The fourth-order valence-electron chi connectivity index (χ4n) is 2.55. The third-order valence-electron chi connectivity index (χ3n) is 3.72. The Balaban J connectivity index is 1.74. The highest BCUT2D eigenvalue weighted by Gasteiger charge is 2.09. The molecule has 0 spiro atoms. The van der Waals surface area contributed by atoms with Crippen molar-refractivity contribution in [1.29, 1.82) is 5.26 Å². The third-order valence-corrected chi connectivity index (χ3v) is 3.72. The van der Waals surface area contributed by atoms with Gasteiger partial charge in [0.2, 0.25) is 5.91 Å². The predicted octanol–water partition coefficient (Wildman–Crippen LogP) is 3.91. The van der Waals surface area contributed by atoms with Crippen LogP contribution in [0.5, 0.6) is 0 Å². The summed E-state index contributed by atoms with van der Waals surface area (Å²) in [7, 11) is 0. The number of rotatable bonds is 5. The molecule has 138 valence electrons. The van der Waals surface area contributed by atoms with Gasteiger partial charge in [0.25, 0.3) is 5.91 Å². The Labute approximate surface area is 162 Å². The summed E-state index contributed by atoms with van der Waals surface area (Å²) in [6.07, 6.45) is 3.06. The van der Waals surface area contributed by atoms with Crippen LogP contribution in [0.2, 0.25) is 0 Å². The van der Waals surface area contributed by atoms with E-state index < -0.39 is 0 Å². The summed E-state index contributed by atoms with van der Waals surface area (Å²) in [5.74, 6) is -0.490. The molecule has 2 aromatic carbocycles. The van der Waals surface area contributed by atoms with Gasteiger partial charge in [-0.2, -0.15) is 5.26 Å². The van der Waals surface area contributed by atoms with E-state index in [0.717, 1.165) is 5.69 Å². The minimum atomic E-state index is -0.335. The SMILES string of the molecule is CC(=O)Nc1cccc(Nc2cncc(C(=O)Nc3cccc(C#N)c3)c2)c1. The van der Waals surface area contributed by atoms with Gasteiger partial charge >= 0.3 is 0 Å². The second-order valence-corrected chi connectivity index (χ2v) is 6.00. The van der Waals surface area contributed by atoms with Crippen LogP contribution in [0.3, 0.4) is 0 Å². The van der Waals surface area contributed by atoms with E-state index in [-0.39, 0.29) is 11.8 Å². The van der Waals surface area contributed by atoms with Gasteiger partial charge in [0.15, 0.2) is 0 Å². The van der Waals surface area contributed by atoms with Crippen molar-refractivity contribution in [2.45, 2.75) is 6.92 Å². The highest BCUT2D eigenvalue weighted by atomic mass is 16.2. The predicted molar refractivity (Wildman–Crippen MR) is 107 cm³/mol. The molecule has 0 saturated carbocycles. The molecule has 0 saturated heterocycles. The smallest absolute Gasteiger partial charge is 0.257 e. The van der Waals surface area contributed by atoms with Crippen molar-refractivity contribution < 1.29 is 9.59 Å². The number of carbonyl (C=O) groups excluding carboxylic acids is 2. The minimum Gasteiger partial charge on any atom is -0.354 e. The molecular weight excluding hydrogens is 354 g/mol. The fourth-order valence-corrected chi connectivity index (χ4v) is 2.55. The molecule has 0 aliphatic carbocycles. The van der Waals surface area contributed by atoms with Gasteiger partial charge in [-0.1, -0.05) is 12.1 Å². The number of anilines is 4. The van der Waals surface area contributed by atoms with Crippen molar-refractivity contribution in [3.05, 3.63) is 78.1 Å². The van der Waals surface area contributed by atoms with Crippen LogP contribution in [0.25, 0.3) is 0 Å². The minimum absolute atomic E-state index is 0.155. The maximum atomic E-state index is 12.5. The number of carbonyl (C=O) groups is 2. The van der Waals surface area contributed by atoms with E-state index in [1.165, 1.54) is 13.1 Å². The highest BCUT2D eigenvalue weighted by Crippen LogP contribution is 2.21. The van der Waals surface area contributed by atoms with Gasteiger partial charge in [-0.25, -0.2) is 0 Å². The van der Waals surface area contributed by atoms with Crippen molar-refractivity contribution >= 4 is 34.6 Å². The zero-order chi connectivity index (χ0) is 19.9. The first-order valence-electron chi connectivity index (χ1n) is 8.45. The van der Waals surface area contributed by atoms with Crippen LogP contribution in [-0.2, 0) is 4.79 Å². The lowest BCUT2D eigenvalue weighted by Gasteiger charge is -2.10. The molecule has 0 bridgehead atoms. The Morgan fingerprint density at radius 1 is 0.893 bits per heavy atom. The maximum absolute atomic E-state index is 12.5. The molecule has 0 radical (unpaired) electrons. The molecule has 0 fully saturated rings. The average molecular weight is 371 g/mol. The molecule has 0 aliphatic rings. The van der Waals surface area contributed by atoms with Crippen molar-refractivity contribution in [2.75, 3.05) is 16.0 Å². The number of hydrogen-bond donors (Lipinski definition) is 3. The number of nitrogens with zero attached hydrogens (tertiary/aromatic N) is 2. The number of pyridine rings is 1. The number of hydrogen-bond acceptors (Lipinski definition) is 5. The molecule has 0 atom stereocenters. The molecule has 1 heterocycles. The Hall–Kier alpha value is -4.18. The van der Waals surface area contributed by atoms with Crippen molar-refractivity contribution in [3.8, 4) is 6.07 Å². The summed E-state index contributed by atoms with van der Waals surface area (Å²) in [5, 5.41) is 17.6. The van der Waals surface area contributed by atoms with Gasteiger partial charge in [0.05, 0.1) is 29.1 Å². The van der Waals surface area contributed by atoms with E-state index in [1.54, 1.807) is 54.7 Å². The zero-order valence-corrected chi connectivity index (χ0v) is 15.1. The zero-order valence-electron chi connectivity index (χ0n) is 15.1. The molecule has 3 aromatic rings. The first kappa shape index (κ1) is 18.6. The summed E-state index contributed by atoms with van der Waals surface area (Å²) in [6.45, 7) is 1.44. The van der Waals surface area contributed by atoms with Crippen LogP contribution >= 0.6 is 0 Å². The van der Waals surface area contributed by atoms with E-state index in [1.807, 2.05) is 12.1 Å². The molecule has 2 amide bonds. The number of benzene rings is 2. The van der Waals surface area contributed by atoms with Crippen molar-refractivity contribution in [1.82, 2.24) is 4.98 Å². The molecule has 1 aromatic heterocycles. The molecule has 7 heteroatoms. The lowest BCUT2D eigenvalue weighted by Crippen LogP contribution is -2.12. The lowest BCUT2D eigenvalue weighted by molar-refractivity contribution is -0.114. The maximum Gasteiger partial charge on any atom is 0.257 e. The molecule has 7 nitrogen and oxygen atoms in total. The Morgan fingerprint density at radius 2 is 1.61 bits per heavy atom. The van der Waals surface area contributed by atoms with Crippen LogP contribution < -0.4 is 16.0 Å². The number of aromatic nitrogens is 1. The van der Waals surface area contributed by atoms with Gasteiger partial charge in [0, 0.05) is 30.2 Å². The molecule has 3 rings (SSSR count). The summed E-state index contributed by atoms with van der Waals surface area (Å²) >= 11 is 0. The van der Waals surface area contributed by atoms with E-state index in [0.29, 0.717) is 28.2 Å². The van der Waals surface area contributed by atoms with Gasteiger partial charge < -0.3 is 16.0 Å². The van der Waals surface area contributed by atoms with E-state index in [9.17, 15) is 9.59 Å². The Kier molecular flexibility index (Phi) is 5.63. The summed E-state index contributed by atoms with van der Waals surface area (Å²) in [6, 6.07) is 17.6. The van der Waals surface area contributed by atoms with Crippen LogP contribution in [0, 0.1) is 11.3 Å². The monoisotopic (exact) mass is 371 g/mol. The molecule has 0 unspecified atom stereocenters. The van der Waals surface area contributed by atoms with Crippen LogP contribution in [0.4, 0.5) is 22.7 Å². The number of amides is 2. The van der Waals surface area contributed by atoms with Crippen molar-refractivity contribution in [3.63, 3.8) is 0 Å². The van der Waals surface area contributed by atoms with Gasteiger partial charge in [-0.15, -0.1) is 0 Å². The van der Waals surface area contributed by atoms with Crippen LogP contribution in [0.15, 0.2) is 67.0 Å². The first-order chi connectivity index (χ1) is 13.5. The second-order valence-electron chi connectivity index (χ2n) is 6.00. The summed E-state index contributed by atoms with van der Waals surface area (Å²) in [4.78, 5) is 27.8. The topological polar surface area (TPSA) is 107 Å². The molecule has 28 heavy (non-hydrogen) atoms. The Bertz CT molecular complexity index is 1070. The second kappa shape index (κ2) is 8.47. The standard InChI is InChI=1S/C21H17N5O2/c1-14(27)24-18-6-3-7-19(10-18)25-20-9-16(12-23-13-20)21(28)26-17-5-2-4-15(8-17)11-22/h2-10,12-13,25H,1H3,(H,24,27)(H,26,28). The molecule has 0 aliphatic heterocycles. The van der Waals surface area contributed by atoms with E-state index in [4.69, 9.17) is 5.26 Å². The fraction of sp³-hybridized carbons (Fsp3) is 0.0476. The summed E-state index contributed by atoms with van der Waals surface area (Å²) < 4.78 is 0. The normalized spacial score (nSPS) is 9.86. The van der Waals surface area contributed by atoms with Gasteiger partial charge in [0.1, 0.15) is 0 Å².